The smallest absolute Gasteiger partial charge is 0.233 e. The van der Waals surface area contributed by atoms with Crippen molar-refractivity contribution in [2.75, 3.05) is 12.8 Å². The Morgan fingerprint density at radius 3 is 2.74 bits per heavy atom. The highest BCUT2D eigenvalue weighted by atomic mass is 32.2. The summed E-state index contributed by atoms with van der Waals surface area (Å²) < 4.78 is 5.38. The number of nitrogens with zero attached hydrogens (tertiary/aromatic N) is 2. The number of amidine groups is 1. The van der Waals surface area contributed by atoms with Crippen LogP contribution in [-0.2, 0) is 11.3 Å². The lowest BCUT2D eigenvalue weighted by Crippen LogP contribution is -2.28. The number of amides is 1. The molecule has 1 amide bonds. The second-order valence-corrected chi connectivity index (χ2v) is 4.86. The molecule has 7 nitrogen and oxygen atoms in total. The first kappa shape index (κ1) is 15.1. The Labute approximate surface area is 115 Å². The molecule has 8 heteroatoms. The number of furan rings is 1. The van der Waals surface area contributed by atoms with E-state index in [1.165, 1.54) is 4.90 Å². The van der Waals surface area contributed by atoms with Crippen LogP contribution >= 0.6 is 11.8 Å². The molecule has 0 atom stereocenters. The maximum Gasteiger partial charge on any atom is 0.233 e. The van der Waals surface area contributed by atoms with Gasteiger partial charge in [0.2, 0.25) is 5.91 Å². The summed E-state index contributed by atoms with van der Waals surface area (Å²) in [7, 11) is 1.67. The van der Waals surface area contributed by atoms with Crippen molar-refractivity contribution in [1.29, 1.82) is 5.41 Å². The summed E-state index contributed by atoms with van der Waals surface area (Å²) >= 11 is 0.971. The number of guanidine groups is 1. The van der Waals surface area contributed by atoms with Crippen molar-refractivity contribution in [2.45, 2.75) is 13.5 Å². The maximum atomic E-state index is 11.8. The fourth-order valence-electron chi connectivity index (χ4n) is 1.28. The molecule has 1 rings (SSSR count). The van der Waals surface area contributed by atoms with Crippen molar-refractivity contribution >= 4 is 28.8 Å². The molecule has 1 aromatic heterocycles. The van der Waals surface area contributed by atoms with E-state index in [-0.39, 0.29) is 22.8 Å². The third-order valence-electron chi connectivity index (χ3n) is 2.18. The molecule has 5 N–H and O–H groups in total. The van der Waals surface area contributed by atoms with Gasteiger partial charge in [-0.2, -0.15) is 4.99 Å². The summed E-state index contributed by atoms with van der Waals surface area (Å²) in [5.41, 5.74) is 10.3. The Morgan fingerprint density at radius 1 is 1.53 bits per heavy atom. The van der Waals surface area contributed by atoms with E-state index in [0.29, 0.717) is 6.54 Å². The first-order valence-electron chi connectivity index (χ1n) is 5.48. The molecule has 1 aromatic rings. The highest BCUT2D eigenvalue weighted by molar-refractivity contribution is 8.14. The molecular weight excluding hydrogens is 266 g/mol. The van der Waals surface area contributed by atoms with Gasteiger partial charge in [-0.05, 0) is 19.1 Å². The molecule has 0 aromatic carbocycles. The predicted molar refractivity (Wildman–Crippen MR) is 75.9 cm³/mol. The fraction of sp³-hybridized carbons (Fsp3) is 0.364. The molecule has 0 saturated carbocycles. The van der Waals surface area contributed by atoms with Gasteiger partial charge in [-0.3, -0.25) is 10.2 Å². The van der Waals surface area contributed by atoms with Crippen molar-refractivity contribution in [1.82, 2.24) is 4.90 Å². The number of aliphatic imine (C=N–C) groups is 1. The minimum Gasteiger partial charge on any atom is -0.464 e. The van der Waals surface area contributed by atoms with Crippen LogP contribution < -0.4 is 11.5 Å². The lowest BCUT2D eigenvalue weighted by atomic mass is 10.4. The van der Waals surface area contributed by atoms with Crippen LogP contribution in [0.5, 0.6) is 0 Å². The van der Waals surface area contributed by atoms with E-state index in [1.54, 1.807) is 7.05 Å². The minimum absolute atomic E-state index is 0.0874. The monoisotopic (exact) mass is 283 g/mol. The molecular formula is C11H17N5O2S. The zero-order valence-corrected chi connectivity index (χ0v) is 11.7. The third kappa shape index (κ3) is 5.47. The number of rotatable bonds is 4. The van der Waals surface area contributed by atoms with Gasteiger partial charge in [-0.1, -0.05) is 11.8 Å². The zero-order valence-electron chi connectivity index (χ0n) is 10.8. The summed E-state index contributed by atoms with van der Waals surface area (Å²) in [6.45, 7) is 2.24. The molecule has 19 heavy (non-hydrogen) atoms. The fourth-order valence-corrected chi connectivity index (χ4v) is 1.93. The SMILES string of the molecule is Cc1ccc(CN(C)C(=O)CSC(=N)N=C(N)N)o1. The van der Waals surface area contributed by atoms with Crippen molar-refractivity contribution < 1.29 is 9.21 Å². The predicted octanol–water partition coefficient (Wildman–Crippen LogP) is 0.488. The molecule has 0 aliphatic heterocycles. The zero-order chi connectivity index (χ0) is 14.4. The van der Waals surface area contributed by atoms with Crippen molar-refractivity contribution in [3.8, 4) is 0 Å². The normalized spacial score (nSPS) is 10.0. The van der Waals surface area contributed by atoms with Crippen LogP contribution in [-0.4, -0.2) is 34.7 Å². The van der Waals surface area contributed by atoms with Crippen LogP contribution in [0.4, 0.5) is 0 Å². The Kier molecular flexibility index (Phi) is 5.43. The van der Waals surface area contributed by atoms with Crippen molar-refractivity contribution in [3.63, 3.8) is 0 Å². The molecule has 104 valence electrons. The van der Waals surface area contributed by atoms with E-state index < -0.39 is 0 Å². The first-order valence-corrected chi connectivity index (χ1v) is 6.47. The first-order chi connectivity index (χ1) is 8.88. The number of hydrogen-bond acceptors (Lipinski definition) is 4. The molecule has 0 bridgehead atoms. The summed E-state index contributed by atoms with van der Waals surface area (Å²) in [5.74, 6) is 1.31. The number of aryl methyl sites for hydroxylation is 1. The Bertz CT molecular complexity index is 493. The Balaban J connectivity index is 2.41. The number of nitrogens with two attached hydrogens (primary N) is 2. The molecule has 1 heterocycles. The second kappa shape index (κ2) is 6.83. The van der Waals surface area contributed by atoms with Crippen LogP contribution in [0.1, 0.15) is 11.5 Å². The van der Waals surface area contributed by atoms with Gasteiger partial charge in [0.05, 0.1) is 12.3 Å². The van der Waals surface area contributed by atoms with E-state index in [2.05, 4.69) is 4.99 Å². The molecule has 0 spiro atoms. The molecule has 0 aliphatic rings. The average molecular weight is 283 g/mol. The third-order valence-corrected chi connectivity index (χ3v) is 2.93. The van der Waals surface area contributed by atoms with Crippen LogP contribution in [0.25, 0.3) is 0 Å². The number of thioether (sulfide) groups is 1. The van der Waals surface area contributed by atoms with Gasteiger partial charge in [0, 0.05) is 7.05 Å². The average Bonchev–Trinajstić information content (AvgIpc) is 2.70. The van der Waals surface area contributed by atoms with Gasteiger partial charge < -0.3 is 20.8 Å². The van der Waals surface area contributed by atoms with Gasteiger partial charge in [0.15, 0.2) is 11.1 Å². The molecule has 0 aliphatic carbocycles. The maximum absolute atomic E-state index is 11.8. The number of carbonyl (C=O) groups excluding carboxylic acids is 1. The van der Waals surface area contributed by atoms with Gasteiger partial charge in [0.25, 0.3) is 0 Å². The van der Waals surface area contributed by atoms with E-state index in [0.717, 1.165) is 23.3 Å². The van der Waals surface area contributed by atoms with E-state index >= 15 is 0 Å². The quantitative estimate of drug-likeness (QED) is 0.548. The van der Waals surface area contributed by atoms with E-state index in [4.69, 9.17) is 21.3 Å². The second-order valence-electron chi connectivity index (χ2n) is 3.89. The van der Waals surface area contributed by atoms with Gasteiger partial charge >= 0.3 is 0 Å². The molecule has 0 fully saturated rings. The van der Waals surface area contributed by atoms with Gasteiger partial charge in [-0.15, -0.1) is 0 Å². The van der Waals surface area contributed by atoms with Gasteiger partial charge in [-0.25, -0.2) is 0 Å². The largest absolute Gasteiger partial charge is 0.464 e. The van der Waals surface area contributed by atoms with Crippen molar-refractivity contribution in [3.05, 3.63) is 23.7 Å². The summed E-state index contributed by atoms with van der Waals surface area (Å²) in [4.78, 5) is 16.8. The van der Waals surface area contributed by atoms with Crippen LogP contribution in [0.3, 0.4) is 0 Å². The summed E-state index contributed by atoms with van der Waals surface area (Å²) in [6.07, 6.45) is 0. The number of nitrogens with one attached hydrogen (secondary N) is 1. The van der Waals surface area contributed by atoms with Crippen molar-refractivity contribution in [2.24, 2.45) is 16.5 Å². The Hall–Kier alpha value is -1.96. The van der Waals surface area contributed by atoms with Crippen LogP contribution in [0.2, 0.25) is 0 Å². The summed E-state index contributed by atoms with van der Waals surface area (Å²) in [5, 5.41) is 7.32. The molecule has 0 saturated heterocycles. The van der Waals surface area contributed by atoms with Crippen LogP contribution in [0.15, 0.2) is 21.5 Å². The lowest BCUT2D eigenvalue weighted by Gasteiger charge is -2.15. The lowest BCUT2D eigenvalue weighted by molar-refractivity contribution is -0.127. The standard InChI is InChI=1S/C11H17N5O2S/c1-7-3-4-8(18-7)5-16(2)9(17)6-19-11(14)15-10(12)13/h3-4H,5-6H2,1-2H3,(H5,12,13,14,15). The topological polar surface area (TPSA) is 122 Å². The molecule has 0 unspecified atom stereocenters. The number of hydrogen-bond donors (Lipinski definition) is 3. The number of carbonyl (C=O) groups is 1. The van der Waals surface area contributed by atoms with Crippen LogP contribution in [0, 0.1) is 12.3 Å². The highest BCUT2D eigenvalue weighted by Gasteiger charge is 2.12. The minimum atomic E-state index is -0.190. The highest BCUT2D eigenvalue weighted by Crippen LogP contribution is 2.10. The molecule has 0 radical (unpaired) electrons. The summed E-state index contributed by atoms with van der Waals surface area (Å²) in [6, 6.07) is 3.67. The Morgan fingerprint density at radius 2 is 2.21 bits per heavy atom. The van der Waals surface area contributed by atoms with E-state index in [9.17, 15) is 4.79 Å². The van der Waals surface area contributed by atoms with E-state index in [1.807, 2.05) is 19.1 Å². The van der Waals surface area contributed by atoms with Gasteiger partial charge in [0.1, 0.15) is 11.5 Å².